The summed E-state index contributed by atoms with van der Waals surface area (Å²) in [5, 5.41) is 0.684. The van der Waals surface area contributed by atoms with Crippen LogP contribution in [0.25, 0.3) is 0 Å². The molecule has 1 amide bonds. The van der Waals surface area contributed by atoms with Crippen LogP contribution in [0.2, 0.25) is 5.02 Å². The molecule has 156 valence electrons. The van der Waals surface area contributed by atoms with Crippen molar-refractivity contribution >= 4 is 33.2 Å². The first-order valence-electron chi connectivity index (χ1n) is 9.56. The van der Waals surface area contributed by atoms with Crippen molar-refractivity contribution in [1.29, 1.82) is 0 Å². The molecule has 1 atom stereocenters. The van der Waals surface area contributed by atoms with E-state index in [4.69, 9.17) is 11.6 Å². The quantitative estimate of drug-likeness (QED) is 0.783. The lowest BCUT2D eigenvalue weighted by atomic mass is 10.1. The van der Waals surface area contributed by atoms with Gasteiger partial charge in [0, 0.05) is 36.9 Å². The van der Waals surface area contributed by atoms with Gasteiger partial charge in [-0.3, -0.25) is 4.79 Å². The number of halogens is 1. The molecule has 2 aromatic carbocycles. The number of aryl methyl sites for hydroxylation is 2. The lowest BCUT2D eigenvalue weighted by Crippen LogP contribution is -2.54. The molecule has 3 rings (SSSR count). The highest BCUT2D eigenvalue weighted by Gasteiger charge is 2.28. The van der Waals surface area contributed by atoms with E-state index in [1.165, 1.54) is 0 Å². The van der Waals surface area contributed by atoms with Crippen molar-refractivity contribution in [2.45, 2.75) is 31.7 Å². The molecule has 0 saturated carbocycles. The van der Waals surface area contributed by atoms with Gasteiger partial charge in [0.2, 0.25) is 15.9 Å². The number of nitrogens with zero attached hydrogens (tertiary/aromatic N) is 2. The summed E-state index contributed by atoms with van der Waals surface area (Å²) in [7, 11) is -3.75. The normalized spacial score (nSPS) is 16.0. The highest BCUT2D eigenvalue weighted by Crippen LogP contribution is 2.25. The third kappa shape index (κ3) is 5.10. The highest BCUT2D eigenvalue weighted by atomic mass is 35.5. The van der Waals surface area contributed by atoms with Crippen LogP contribution in [0.3, 0.4) is 0 Å². The van der Waals surface area contributed by atoms with Gasteiger partial charge in [0.15, 0.2) is 0 Å². The average Bonchev–Trinajstić information content (AvgIpc) is 2.69. The van der Waals surface area contributed by atoms with Crippen LogP contribution in [0.15, 0.2) is 47.4 Å². The van der Waals surface area contributed by atoms with E-state index in [9.17, 15) is 13.2 Å². The number of nitrogens with one attached hydrogen (secondary N) is 1. The molecule has 0 aliphatic carbocycles. The topological polar surface area (TPSA) is 69.7 Å². The number of benzene rings is 2. The van der Waals surface area contributed by atoms with E-state index in [1.807, 2.05) is 32.0 Å². The largest absolute Gasteiger partial charge is 0.368 e. The molecular formula is C21H26ClN3O3S. The second-order valence-electron chi connectivity index (χ2n) is 7.40. The zero-order chi connectivity index (χ0) is 21.2. The van der Waals surface area contributed by atoms with Crippen molar-refractivity contribution in [3.63, 3.8) is 0 Å². The van der Waals surface area contributed by atoms with Crippen LogP contribution in [0.5, 0.6) is 0 Å². The smallest absolute Gasteiger partial charge is 0.241 e. The fourth-order valence-corrected chi connectivity index (χ4v) is 4.80. The summed E-state index contributed by atoms with van der Waals surface area (Å²) >= 11 is 6.12. The molecule has 0 radical (unpaired) electrons. The van der Waals surface area contributed by atoms with Gasteiger partial charge < -0.3 is 9.80 Å². The van der Waals surface area contributed by atoms with Gasteiger partial charge in [-0.05, 0) is 50.6 Å². The number of rotatable bonds is 5. The van der Waals surface area contributed by atoms with Crippen LogP contribution in [-0.2, 0) is 14.8 Å². The van der Waals surface area contributed by atoms with Gasteiger partial charge in [-0.25, -0.2) is 8.42 Å². The molecule has 1 heterocycles. The number of hydrogen-bond acceptors (Lipinski definition) is 4. The fraction of sp³-hybridized carbons (Fsp3) is 0.381. The minimum Gasteiger partial charge on any atom is -0.368 e. The second kappa shape index (κ2) is 8.73. The summed E-state index contributed by atoms with van der Waals surface area (Å²) in [5.41, 5.74) is 3.17. The predicted molar refractivity (Wildman–Crippen MR) is 116 cm³/mol. The van der Waals surface area contributed by atoms with Crippen LogP contribution < -0.4 is 9.62 Å². The van der Waals surface area contributed by atoms with Gasteiger partial charge in [-0.2, -0.15) is 4.72 Å². The Morgan fingerprint density at radius 3 is 2.28 bits per heavy atom. The molecule has 2 aromatic rings. The van der Waals surface area contributed by atoms with Gasteiger partial charge in [0.25, 0.3) is 0 Å². The highest BCUT2D eigenvalue weighted by molar-refractivity contribution is 7.89. The van der Waals surface area contributed by atoms with E-state index in [2.05, 4.69) is 9.62 Å². The molecule has 1 N–H and O–H groups in total. The molecule has 8 heteroatoms. The van der Waals surface area contributed by atoms with Crippen molar-refractivity contribution in [2.24, 2.45) is 0 Å². The Morgan fingerprint density at radius 2 is 1.66 bits per heavy atom. The van der Waals surface area contributed by atoms with Crippen LogP contribution in [0.1, 0.15) is 18.1 Å². The van der Waals surface area contributed by atoms with Crippen LogP contribution in [0.4, 0.5) is 5.69 Å². The molecule has 1 saturated heterocycles. The third-order valence-electron chi connectivity index (χ3n) is 5.14. The van der Waals surface area contributed by atoms with Gasteiger partial charge in [-0.15, -0.1) is 0 Å². The Balaban J connectivity index is 1.61. The molecule has 6 nitrogen and oxygen atoms in total. The zero-order valence-electron chi connectivity index (χ0n) is 16.9. The molecule has 1 aliphatic heterocycles. The zero-order valence-corrected chi connectivity index (χ0v) is 18.4. The van der Waals surface area contributed by atoms with Crippen LogP contribution in [0, 0.1) is 13.8 Å². The van der Waals surface area contributed by atoms with Crippen molar-refractivity contribution in [2.75, 3.05) is 31.1 Å². The lowest BCUT2D eigenvalue weighted by Gasteiger charge is -2.37. The minimum absolute atomic E-state index is 0.156. The SMILES string of the molecule is Cc1ccc(S(=O)(=O)NC(C)C(=O)N2CCN(c3cc(Cl)ccc3C)CC2)cc1. The Bertz CT molecular complexity index is 985. The van der Waals surface area contributed by atoms with Crippen molar-refractivity contribution in [3.8, 4) is 0 Å². The number of sulfonamides is 1. The van der Waals surface area contributed by atoms with Gasteiger partial charge >= 0.3 is 0 Å². The predicted octanol–water partition coefficient (Wildman–Crippen LogP) is 2.97. The summed E-state index contributed by atoms with van der Waals surface area (Å²) < 4.78 is 27.6. The number of anilines is 1. The van der Waals surface area contributed by atoms with E-state index < -0.39 is 16.1 Å². The third-order valence-corrected chi connectivity index (χ3v) is 6.93. The lowest BCUT2D eigenvalue weighted by molar-refractivity contribution is -0.132. The van der Waals surface area contributed by atoms with E-state index in [-0.39, 0.29) is 10.8 Å². The van der Waals surface area contributed by atoms with Gasteiger partial charge in [0.05, 0.1) is 10.9 Å². The molecular weight excluding hydrogens is 410 g/mol. The summed E-state index contributed by atoms with van der Waals surface area (Å²) in [4.78, 5) is 16.8. The number of carbonyl (C=O) groups excluding carboxylic acids is 1. The number of piperazine rings is 1. The summed E-state index contributed by atoms with van der Waals surface area (Å²) in [6, 6.07) is 11.5. The maximum atomic E-state index is 12.8. The van der Waals surface area contributed by atoms with E-state index >= 15 is 0 Å². The number of amides is 1. The number of hydrogen-bond donors (Lipinski definition) is 1. The number of carbonyl (C=O) groups is 1. The van der Waals surface area contributed by atoms with Crippen molar-refractivity contribution in [3.05, 3.63) is 58.6 Å². The monoisotopic (exact) mass is 435 g/mol. The summed E-state index contributed by atoms with van der Waals surface area (Å²) in [6.45, 7) is 7.91. The first-order chi connectivity index (χ1) is 13.7. The van der Waals surface area contributed by atoms with E-state index in [1.54, 1.807) is 36.1 Å². The van der Waals surface area contributed by atoms with Crippen molar-refractivity contribution < 1.29 is 13.2 Å². The molecule has 29 heavy (non-hydrogen) atoms. The Hall–Kier alpha value is -2.09. The van der Waals surface area contributed by atoms with E-state index in [0.717, 1.165) is 16.8 Å². The van der Waals surface area contributed by atoms with E-state index in [0.29, 0.717) is 31.2 Å². The van der Waals surface area contributed by atoms with Crippen LogP contribution >= 0.6 is 11.6 Å². The molecule has 1 aliphatic rings. The first kappa shape index (κ1) is 21.6. The molecule has 1 fully saturated rings. The Morgan fingerprint density at radius 1 is 1.03 bits per heavy atom. The summed E-state index contributed by atoms with van der Waals surface area (Å²) in [5.74, 6) is -0.219. The maximum Gasteiger partial charge on any atom is 0.241 e. The van der Waals surface area contributed by atoms with Crippen LogP contribution in [-0.4, -0.2) is 51.4 Å². The average molecular weight is 436 g/mol. The molecule has 1 unspecified atom stereocenters. The van der Waals surface area contributed by atoms with Crippen molar-refractivity contribution in [1.82, 2.24) is 9.62 Å². The standard InChI is InChI=1S/C21H26ClN3O3S/c1-15-4-8-19(9-5-15)29(27,28)23-17(3)21(26)25-12-10-24(11-13-25)20-14-18(22)7-6-16(20)2/h4-9,14,17,23H,10-13H2,1-3H3. The maximum absolute atomic E-state index is 12.8. The Kier molecular flexibility index (Phi) is 6.51. The fourth-order valence-electron chi connectivity index (χ4n) is 3.43. The Labute approximate surface area is 177 Å². The minimum atomic E-state index is -3.75. The molecule has 0 bridgehead atoms. The second-order valence-corrected chi connectivity index (χ2v) is 9.55. The molecule has 0 spiro atoms. The van der Waals surface area contributed by atoms with Gasteiger partial charge in [0.1, 0.15) is 0 Å². The summed E-state index contributed by atoms with van der Waals surface area (Å²) in [6.07, 6.45) is 0. The molecule has 0 aromatic heterocycles. The van der Waals surface area contributed by atoms with Gasteiger partial charge in [-0.1, -0.05) is 35.4 Å². The first-order valence-corrected chi connectivity index (χ1v) is 11.4.